The zero-order valence-electron chi connectivity index (χ0n) is 15.2. The summed E-state index contributed by atoms with van der Waals surface area (Å²) in [4.78, 5) is 12.2. The van der Waals surface area contributed by atoms with Crippen LogP contribution in [0.15, 0.2) is 48.8 Å². The van der Waals surface area contributed by atoms with Crippen molar-refractivity contribution >= 4 is 12.0 Å². The lowest BCUT2D eigenvalue weighted by atomic mass is 9.82. The highest BCUT2D eigenvalue weighted by atomic mass is 16.1. The van der Waals surface area contributed by atoms with Crippen LogP contribution in [0.2, 0.25) is 0 Å². The van der Waals surface area contributed by atoms with E-state index in [9.17, 15) is 4.79 Å². The lowest BCUT2D eigenvalue weighted by Gasteiger charge is -2.32. The van der Waals surface area contributed by atoms with Crippen molar-refractivity contribution in [1.29, 1.82) is 0 Å². The van der Waals surface area contributed by atoms with E-state index in [0.29, 0.717) is 0 Å². The molecule has 0 saturated carbocycles. The quantitative estimate of drug-likeness (QED) is 0.837. The molecular weight excluding hydrogens is 298 g/mol. The average Bonchev–Trinajstić information content (AvgIpc) is 2.92. The van der Waals surface area contributed by atoms with Gasteiger partial charge in [-0.05, 0) is 43.9 Å². The second-order valence-electron chi connectivity index (χ2n) is 8.00. The number of hydrogen-bond donors (Lipinski definition) is 1. The summed E-state index contributed by atoms with van der Waals surface area (Å²) in [5.74, 6) is -0.0864. The molecule has 0 atom stereocenters. The molecule has 1 heterocycles. The van der Waals surface area contributed by atoms with E-state index in [1.54, 1.807) is 23.0 Å². The Hall–Kier alpha value is -2.36. The van der Waals surface area contributed by atoms with Crippen molar-refractivity contribution in [2.24, 2.45) is 5.41 Å². The Morgan fingerprint density at radius 3 is 2.46 bits per heavy atom. The fraction of sp³-hybridized carbons (Fsp3) is 0.400. The van der Waals surface area contributed by atoms with E-state index in [2.05, 4.69) is 45.0 Å². The Bertz CT molecular complexity index is 706. The van der Waals surface area contributed by atoms with Gasteiger partial charge in [0.05, 0.1) is 11.9 Å². The highest BCUT2D eigenvalue weighted by Gasteiger charge is 2.26. The summed E-state index contributed by atoms with van der Waals surface area (Å²) in [5.41, 5.74) is 1.81. The zero-order valence-corrected chi connectivity index (χ0v) is 15.2. The van der Waals surface area contributed by atoms with Gasteiger partial charge >= 0.3 is 0 Å². The summed E-state index contributed by atoms with van der Waals surface area (Å²) >= 11 is 0. The van der Waals surface area contributed by atoms with Crippen molar-refractivity contribution in [1.82, 2.24) is 15.1 Å². The predicted molar refractivity (Wildman–Crippen MR) is 98.9 cm³/mol. The number of para-hydroxylation sites is 1. The molecule has 0 unspecified atom stereocenters. The van der Waals surface area contributed by atoms with Crippen LogP contribution in [0.25, 0.3) is 11.8 Å². The number of rotatable bonds is 5. The minimum Gasteiger partial charge on any atom is -0.348 e. The van der Waals surface area contributed by atoms with E-state index in [0.717, 1.165) is 17.7 Å². The van der Waals surface area contributed by atoms with Crippen LogP contribution in [0.4, 0.5) is 0 Å². The van der Waals surface area contributed by atoms with Crippen molar-refractivity contribution in [2.45, 2.75) is 46.6 Å². The molecule has 1 amide bonds. The van der Waals surface area contributed by atoms with E-state index in [4.69, 9.17) is 0 Å². The van der Waals surface area contributed by atoms with Gasteiger partial charge in [0, 0.05) is 23.4 Å². The monoisotopic (exact) mass is 325 g/mol. The molecular formula is C20H27N3O. The second-order valence-corrected chi connectivity index (χ2v) is 8.00. The molecule has 4 nitrogen and oxygen atoms in total. The van der Waals surface area contributed by atoms with E-state index in [1.807, 2.05) is 36.5 Å². The van der Waals surface area contributed by atoms with Crippen LogP contribution in [0.3, 0.4) is 0 Å². The van der Waals surface area contributed by atoms with Crippen LogP contribution in [0, 0.1) is 5.41 Å². The molecule has 2 rings (SSSR count). The van der Waals surface area contributed by atoms with Gasteiger partial charge in [-0.25, -0.2) is 4.68 Å². The SMILES string of the molecule is CC(C)(C)CC(C)(C)NC(=O)/C=C/c1cnn(-c2ccccc2)c1. The van der Waals surface area contributed by atoms with Gasteiger partial charge in [0.25, 0.3) is 0 Å². The molecule has 2 aromatic rings. The minimum absolute atomic E-state index is 0.0864. The van der Waals surface area contributed by atoms with Crippen molar-refractivity contribution < 1.29 is 4.79 Å². The molecule has 0 saturated heterocycles. The van der Waals surface area contributed by atoms with Gasteiger partial charge in [0.1, 0.15) is 0 Å². The molecule has 0 aliphatic heterocycles. The lowest BCUT2D eigenvalue weighted by Crippen LogP contribution is -2.45. The number of nitrogens with one attached hydrogen (secondary N) is 1. The van der Waals surface area contributed by atoms with E-state index < -0.39 is 0 Å². The van der Waals surface area contributed by atoms with Crippen molar-refractivity contribution in [3.8, 4) is 5.69 Å². The van der Waals surface area contributed by atoms with E-state index >= 15 is 0 Å². The van der Waals surface area contributed by atoms with Gasteiger partial charge < -0.3 is 5.32 Å². The molecule has 0 bridgehead atoms. The summed E-state index contributed by atoms with van der Waals surface area (Å²) in [6.45, 7) is 10.6. The highest BCUT2D eigenvalue weighted by molar-refractivity contribution is 5.92. The van der Waals surface area contributed by atoms with Gasteiger partial charge in [0.15, 0.2) is 0 Å². The number of amides is 1. The first-order valence-electron chi connectivity index (χ1n) is 8.25. The maximum absolute atomic E-state index is 12.2. The third-order valence-corrected chi connectivity index (χ3v) is 3.48. The average molecular weight is 325 g/mol. The molecule has 1 aromatic carbocycles. The van der Waals surface area contributed by atoms with Crippen LogP contribution in [0.5, 0.6) is 0 Å². The number of carbonyl (C=O) groups excluding carboxylic acids is 1. The number of carbonyl (C=O) groups is 1. The number of aromatic nitrogens is 2. The number of benzene rings is 1. The Balaban J connectivity index is 1.98. The number of nitrogens with zero attached hydrogens (tertiary/aromatic N) is 2. The molecule has 24 heavy (non-hydrogen) atoms. The lowest BCUT2D eigenvalue weighted by molar-refractivity contribution is -0.118. The van der Waals surface area contributed by atoms with Crippen LogP contribution < -0.4 is 5.32 Å². The standard InChI is InChI=1S/C20H27N3O/c1-19(2,3)15-20(4,5)22-18(24)12-11-16-13-21-23(14-16)17-9-7-6-8-10-17/h6-14H,15H2,1-5H3,(H,22,24)/b12-11+. The Labute approximate surface area is 144 Å². The molecule has 1 N–H and O–H groups in total. The van der Waals surface area contributed by atoms with Gasteiger partial charge in [-0.2, -0.15) is 5.10 Å². The molecule has 0 radical (unpaired) electrons. The van der Waals surface area contributed by atoms with Gasteiger partial charge in [0.2, 0.25) is 5.91 Å². The molecule has 128 valence electrons. The van der Waals surface area contributed by atoms with Crippen molar-refractivity contribution in [3.05, 3.63) is 54.4 Å². The highest BCUT2D eigenvalue weighted by Crippen LogP contribution is 2.26. The second kappa shape index (κ2) is 7.04. The van der Waals surface area contributed by atoms with E-state index in [1.165, 1.54) is 0 Å². The topological polar surface area (TPSA) is 46.9 Å². The Morgan fingerprint density at radius 1 is 1.17 bits per heavy atom. The third kappa shape index (κ3) is 5.69. The summed E-state index contributed by atoms with van der Waals surface area (Å²) in [6.07, 6.45) is 7.91. The maximum atomic E-state index is 12.2. The normalized spacial score (nSPS) is 12.5. The fourth-order valence-electron chi connectivity index (χ4n) is 3.06. The fourth-order valence-corrected chi connectivity index (χ4v) is 3.06. The minimum atomic E-state index is -0.242. The van der Waals surface area contributed by atoms with Gasteiger partial charge in [-0.15, -0.1) is 0 Å². The summed E-state index contributed by atoms with van der Waals surface area (Å²) in [6, 6.07) is 9.89. The molecule has 0 aliphatic rings. The van der Waals surface area contributed by atoms with Crippen LogP contribution >= 0.6 is 0 Å². The van der Waals surface area contributed by atoms with Crippen LogP contribution in [0.1, 0.15) is 46.6 Å². The molecule has 1 aromatic heterocycles. The summed E-state index contributed by atoms with van der Waals surface area (Å²) < 4.78 is 1.79. The first-order valence-corrected chi connectivity index (χ1v) is 8.25. The van der Waals surface area contributed by atoms with Crippen LogP contribution in [-0.2, 0) is 4.79 Å². The largest absolute Gasteiger partial charge is 0.348 e. The van der Waals surface area contributed by atoms with Crippen LogP contribution in [-0.4, -0.2) is 21.2 Å². The van der Waals surface area contributed by atoms with Gasteiger partial charge in [-0.1, -0.05) is 39.0 Å². The first-order chi connectivity index (χ1) is 11.1. The molecule has 0 fully saturated rings. The van der Waals surface area contributed by atoms with Crippen molar-refractivity contribution in [2.75, 3.05) is 0 Å². The molecule has 0 spiro atoms. The first kappa shape index (κ1) is 18.0. The predicted octanol–water partition coefficient (Wildman–Crippen LogP) is 4.22. The Kier molecular flexibility index (Phi) is 5.27. The maximum Gasteiger partial charge on any atom is 0.244 e. The number of hydrogen-bond acceptors (Lipinski definition) is 2. The third-order valence-electron chi connectivity index (χ3n) is 3.48. The van der Waals surface area contributed by atoms with E-state index in [-0.39, 0.29) is 16.9 Å². The van der Waals surface area contributed by atoms with Gasteiger partial charge in [-0.3, -0.25) is 4.79 Å². The molecule has 4 heteroatoms. The Morgan fingerprint density at radius 2 is 1.83 bits per heavy atom. The summed E-state index contributed by atoms with van der Waals surface area (Å²) in [7, 11) is 0. The summed E-state index contributed by atoms with van der Waals surface area (Å²) in [5, 5.41) is 7.39. The molecule has 0 aliphatic carbocycles. The zero-order chi connectivity index (χ0) is 17.8. The smallest absolute Gasteiger partial charge is 0.244 e. The van der Waals surface area contributed by atoms with Crippen molar-refractivity contribution in [3.63, 3.8) is 0 Å².